The van der Waals surface area contributed by atoms with Crippen LogP contribution in [-0.2, 0) is 9.53 Å². The number of amides is 1. The van der Waals surface area contributed by atoms with Gasteiger partial charge >= 0.3 is 0 Å². The zero-order chi connectivity index (χ0) is 22.6. The first-order chi connectivity index (χ1) is 16.2. The summed E-state index contributed by atoms with van der Waals surface area (Å²) in [5, 5.41) is 19.3. The summed E-state index contributed by atoms with van der Waals surface area (Å²) in [6.07, 6.45) is 6.59. The summed E-state index contributed by atoms with van der Waals surface area (Å²) in [5.41, 5.74) is 2.53. The average Bonchev–Trinajstić information content (AvgIpc) is 3.41. The van der Waals surface area contributed by atoms with Crippen LogP contribution in [0.2, 0.25) is 0 Å². The van der Waals surface area contributed by atoms with Gasteiger partial charge in [-0.15, -0.1) is 10.2 Å². The zero-order valence-corrected chi connectivity index (χ0v) is 19.4. The Bertz CT molecular complexity index is 944. The van der Waals surface area contributed by atoms with Crippen molar-refractivity contribution in [3.63, 3.8) is 0 Å². The third kappa shape index (κ3) is 5.36. The summed E-state index contributed by atoms with van der Waals surface area (Å²) >= 11 is 0. The molecule has 4 atom stereocenters. The minimum Gasteiger partial charge on any atom is -0.381 e. The SMILES string of the molecule is CCC(=O)Nc1cccc(-c2ccc(N[C@H]3C[C@@H]4CN[C@@H](CC5CCOCC5)[C@H]4C3)nn2)c1. The number of aromatic nitrogens is 2. The van der Waals surface area contributed by atoms with E-state index in [-0.39, 0.29) is 5.91 Å². The molecular weight excluding hydrogens is 414 g/mol. The number of hydrogen-bond donors (Lipinski definition) is 3. The Morgan fingerprint density at radius 3 is 2.82 bits per heavy atom. The fraction of sp³-hybridized carbons (Fsp3) is 0.577. The number of anilines is 2. The highest BCUT2D eigenvalue weighted by Gasteiger charge is 2.43. The first-order valence-corrected chi connectivity index (χ1v) is 12.5. The van der Waals surface area contributed by atoms with Crippen LogP contribution in [0.3, 0.4) is 0 Å². The molecule has 1 saturated carbocycles. The second kappa shape index (κ2) is 10.2. The van der Waals surface area contributed by atoms with E-state index in [4.69, 9.17) is 4.74 Å². The fourth-order valence-electron chi connectivity index (χ4n) is 5.83. The normalized spacial score (nSPS) is 27.3. The van der Waals surface area contributed by atoms with Crippen molar-refractivity contribution in [3.05, 3.63) is 36.4 Å². The third-order valence-electron chi connectivity index (χ3n) is 7.62. The molecule has 7 heteroatoms. The van der Waals surface area contributed by atoms with Crippen LogP contribution >= 0.6 is 0 Å². The van der Waals surface area contributed by atoms with Crippen molar-refractivity contribution >= 4 is 17.4 Å². The van der Waals surface area contributed by atoms with E-state index >= 15 is 0 Å². The van der Waals surface area contributed by atoms with Gasteiger partial charge in [0.1, 0.15) is 5.82 Å². The molecule has 2 aromatic rings. The van der Waals surface area contributed by atoms with Gasteiger partial charge in [0.2, 0.25) is 5.91 Å². The van der Waals surface area contributed by atoms with E-state index in [9.17, 15) is 4.79 Å². The smallest absolute Gasteiger partial charge is 0.224 e. The van der Waals surface area contributed by atoms with E-state index in [1.165, 1.54) is 32.1 Å². The van der Waals surface area contributed by atoms with E-state index in [1.807, 2.05) is 43.3 Å². The number of ether oxygens (including phenoxy) is 1. The van der Waals surface area contributed by atoms with Crippen molar-refractivity contribution in [1.29, 1.82) is 0 Å². The molecule has 176 valence electrons. The van der Waals surface area contributed by atoms with Crippen molar-refractivity contribution in [3.8, 4) is 11.3 Å². The van der Waals surface area contributed by atoms with Gasteiger partial charge in [0.05, 0.1) is 5.69 Å². The Labute approximate surface area is 196 Å². The monoisotopic (exact) mass is 449 g/mol. The van der Waals surface area contributed by atoms with E-state index in [0.717, 1.165) is 60.3 Å². The molecule has 1 aromatic heterocycles. The van der Waals surface area contributed by atoms with Crippen LogP contribution in [0.4, 0.5) is 11.5 Å². The van der Waals surface area contributed by atoms with E-state index < -0.39 is 0 Å². The maximum Gasteiger partial charge on any atom is 0.224 e. The van der Waals surface area contributed by atoms with Crippen LogP contribution in [0.25, 0.3) is 11.3 Å². The first kappa shape index (κ1) is 22.3. The number of fused-ring (bicyclic) bond motifs is 1. The number of rotatable bonds is 7. The minimum absolute atomic E-state index is 0.00399. The molecule has 1 aromatic carbocycles. The molecule has 0 radical (unpaired) electrons. The van der Waals surface area contributed by atoms with Gasteiger partial charge in [-0.25, -0.2) is 0 Å². The van der Waals surface area contributed by atoms with Crippen molar-refractivity contribution in [2.45, 2.75) is 57.5 Å². The van der Waals surface area contributed by atoms with Crippen LogP contribution in [0.1, 0.15) is 45.4 Å². The lowest BCUT2D eigenvalue weighted by Crippen LogP contribution is -2.33. The van der Waals surface area contributed by atoms with Crippen LogP contribution in [0.5, 0.6) is 0 Å². The maximum atomic E-state index is 11.7. The summed E-state index contributed by atoms with van der Waals surface area (Å²) in [6, 6.07) is 12.9. The Morgan fingerprint density at radius 1 is 1.15 bits per heavy atom. The van der Waals surface area contributed by atoms with Gasteiger partial charge < -0.3 is 20.7 Å². The summed E-state index contributed by atoms with van der Waals surface area (Å²) in [6.45, 7) is 4.85. The largest absolute Gasteiger partial charge is 0.381 e. The number of hydrogen-bond acceptors (Lipinski definition) is 6. The maximum absolute atomic E-state index is 11.7. The molecule has 3 N–H and O–H groups in total. The summed E-state index contributed by atoms with van der Waals surface area (Å²) in [5.74, 6) is 3.19. The standard InChI is InChI=1S/C26H35N5O2/c1-2-26(32)29-20-5-3-4-18(13-20)23-6-7-25(31-30-23)28-21-14-19-16-27-24(22(19)15-21)12-17-8-10-33-11-9-17/h3-7,13,17,19,21-22,24,27H,2,8-12,14-16H2,1H3,(H,28,31)(H,29,32)/t19-,21+,22+,24+/m1/s1. The molecule has 1 aliphatic carbocycles. The Kier molecular flexibility index (Phi) is 6.88. The lowest BCUT2D eigenvalue weighted by Gasteiger charge is -2.27. The lowest BCUT2D eigenvalue weighted by atomic mass is 9.85. The molecule has 0 bridgehead atoms. The number of nitrogens with zero attached hydrogens (tertiary/aromatic N) is 2. The molecule has 1 amide bonds. The number of benzene rings is 1. The Balaban J connectivity index is 1.17. The van der Waals surface area contributed by atoms with Crippen LogP contribution in [0.15, 0.2) is 36.4 Å². The van der Waals surface area contributed by atoms with Crippen LogP contribution in [-0.4, -0.2) is 47.9 Å². The van der Waals surface area contributed by atoms with Crippen molar-refractivity contribution < 1.29 is 9.53 Å². The second-order valence-electron chi connectivity index (χ2n) is 9.83. The van der Waals surface area contributed by atoms with E-state index in [1.54, 1.807) is 0 Å². The Hall–Kier alpha value is -2.51. The summed E-state index contributed by atoms with van der Waals surface area (Å²) in [7, 11) is 0. The van der Waals surface area contributed by atoms with Gasteiger partial charge in [-0.05, 0) is 80.7 Å². The van der Waals surface area contributed by atoms with Gasteiger partial charge in [0, 0.05) is 43.0 Å². The minimum atomic E-state index is 0.00399. The zero-order valence-electron chi connectivity index (χ0n) is 19.4. The second-order valence-corrected chi connectivity index (χ2v) is 9.83. The Morgan fingerprint density at radius 2 is 2.03 bits per heavy atom. The topological polar surface area (TPSA) is 88.2 Å². The highest BCUT2D eigenvalue weighted by atomic mass is 16.5. The molecule has 3 heterocycles. The predicted molar refractivity (Wildman–Crippen MR) is 130 cm³/mol. The molecule has 5 rings (SSSR count). The average molecular weight is 450 g/mol. The lowest BCUT2D eigenvalue weighted by molar-refractivity contribution is -0.115. The van der Waals surface area contributed by atoms with Gasteiger partial charge in [-0.1, -0.05) is 19.1 Å². The highest BCUT2D eigenvalue weighted by Crippen LogP contribution is 2.41. The summed E-state index contributed by atoms with van der Waals surface area (Å²) in [4.78, 5) is 11.7. The van der Waals surface area contributed by atoms with Gasteiger partial charge in [0.25, 0.3) is 0 Å². The van der Waals surface area contributed by atoms with Crippen LogP contribution in [0, 0.1) is 17.8 Å². The first-order valence-electron chi connectivity index (χ1n) is 12.5. The van der Waals surface area contributed by atoms with Gasteiger partial charge in [-0.2, -0.15) is 0 Å². The molecule has 3 fully saturated rings. The van der Waals surface area contributed by atoms with Gasteiger partial charge in [-0.3, -0.25) is 4.79 Å². The highest BCUT2D eigenvalue weighted by molar-refractivity contribution is 5.91. The van der Waals surface area contributed by atoms with Crippen molar-refractivity contribution in [2.75, 3.05) is 30.4 Å². The molecule has 3 aliphatic rings. The van der Waals surface area contributed by atoms with Gasteiger partial charge in [0.15, 0.2) is 0 Å². The molecule has 0 spiro atoms. The van der Waals surface area contributed by atoms with Crippen molar-refractivity contribution in [1.82, 2.24) is 15.5 Å². The van der Waals surface area contributed by atoms with E-state index in [0.29, 0.717) is 18.5 Å². The summed E-state index contributed by atoms with van der Waals surface area (Å²) < 4.78 is 5.54. The van der Waals surface area contributed by atoms with Crippen molar-refractivity contribution in [2.24, 2.45) is 17.8 Å². The van der Waals surface area contributed by atoms with Crippen LogP contribution < -0.4 is 16.0 Å². The number of nitrogens with one attached hydrogen (secondary N) is 3. The fourth-order valence-corrected chi connectivity index (χ4v) is 5.83. The van der Waals surface area contributed by atoms with E-state index in [2.05, 4.69) is 26.1 Å². The molecule has 33 heavy (non-hydrogen) atoms. The quantitative estimate of drug-likeness (QED) is 0.590. The molecular formula is C26H35N5O2. The third-order valence-corrected chi connectivity index (χ3v) is 7.62. The molecule has 2 saturated heterocycles. The number of carbonyl (C=O) groups is 1. The predicted octanol–water partition coefficient (Wildman–Crippen LogP) is 4.09. The molecule has 0 unspecified atom stereocenters. The molecule has 2 aliphatic heterocycles. The number of carbonyl (C=O) groups excluding carboxylic acids is 1. The molecule has 7 nitrogen and oxygen atoms in total.